The van der Waals surface area contributed by atoms with Crippen LogP contribution in [0.3, 0.4) is 0 Å². The van der Waals surface area contributed by atoms with Gasteiger partial charge in [-0.1, -0.05) is 11.2 Å². The van der Waals surface area contributed by atoms with Crippen molar-refractivity contribution in [2.24, 2.45) is 4.99 Å². The van der Waals surface area contributed by atoms with Crippen LogP contribution in [-0.2, 0) is 25.9 Å². The number of aromatic hydroxyl groups is 1. The summed E-state index contributed by atoms with van der Waals surface area (Å²) in [6.45, 7) is 7.09. The SMILES string of the molecule is CN=C(NCc1c(O)ccc2c1CCCC2)N1CCN(Cc2cc(C)on2)CC1.I. The molecule has 0 atom stereocenters. The standard InChI is InChI=1S/C22H31N5O2.HI/c1-16-13-18(25-29-16)15-26-9-11-27(12-10-26)22(23-2)24-14-20-19-6-4-3-5-17(19)7-8-21(20)28;/h7-8,13,28H,3-6,9-12,14-15H2,1-2H3,(H,23,24);1H. The van der Waals surface area contributed by atoms with Gasteiger partial charge in [0.1, 0.15) is 11.5 Å². The minimum atomic E-state index is 0. The number of nitrogens with one attached hydrogen (secondary N) is 1. The Balaban J connectivity index is 0.00000256. The highest BCUT2D eigenvalue weighted by Crippen LogP contribution is 2.30. The molecular formula is C22H32IN5O2. The Morgan fingerprint density at radius 2 is 1.97 bits per heavy atom. The molecule has 1 fully saturated rings. The van der Waals surface area contributed by atoms with Gasteiger partial charge in [-0.15, -0.1) is 24.0 Å². The first-order valence-corrected chi connectivity index (χ1v) is 10.6. The molecule has 0 unspecified atom stereocenters. The lowest BCUT2D eigenvalue weighted by molar-refractivity contribution is 0.169. The average Bonchev–Trinajstić information content (AvgIpc) is 3.15. The molecule has 0 saturated carbocycles. The van der Waals surface area contributed by atoms with E-state index in [0.717, 1.165) is 68.5 Å². The Morgan fingerprint density at radius 3 is 2.67 bits per heavy atom. The number of guanidine groups is 1. The first-order chi connectivity index (χ1) is 14.1. The lowest BCUT2D eigenvalue weighted by Crippen LogP contribution is -2.52. The Hall–Kier alpha value is -1.81. The fourth-order valence-electron chi connectivity index (χ4n) is 4.43. The van der Waals surface area contributed by atoms with Crippen molar-refractivity contribution < 1.29 is 9.63 Å². The first kappa shape index (κ1) is 22.9. The molecule has 4 rings (SSSR count). The Morgan fingerprint density at radius 1 is 1.20 bits per heavy atom. The number of piperazine rings is 1. The smallest absolute Gasteiger partial charge is 0.194 e. The summed E-state index contributed by atoms with van der Waals surface area (Å²) in [7, 11) is 1.83. The van der Waals surface area contributed by atoms with Gasteiger partial charge in [-0.2, -0.15) is 0 Å². The van der Waals surface area contributed by atoms with Gasteiger partial charge in [0.15, 0.2) is 5.96 Å². The summed E-state index contributed by atoms with van der Waals surface area (Å²) in [6.07, 6.45) is 4.61. The van der Waals surface area contributed by atoms with Crippen LogP contribution >= 0.6 is 24.0 Å². The van der Waals surface area contributed by atoms with Crippen LogP contribution in [0.2, 0.25) is 0 Å². The van der Waals surface area contributed by atoms with Gasteiger partial charge in [-0.25, -0.2) is 0 Å². The van der Waals surface area contributed by atoms with E-state index in [0.29, 0.717) is 12.3 Å². The number of phenols is 1. The van der Waals surface area contributed by atoms with Crippen molar-refractivity contribution in [3.63, 3.8) is 0 Å². The van der Waals surface area contributed by atoms with E-state index in [9.17, 15) is 5.11 Å². The van der Waals surface area contributed by atoms with Crippen LogP contribution in [0.15, 0.2) is 27.7 Å². The van der Waals surface area contributed by atoms with Gasteiger partial charge in [0.05, 0.1) is 5.69 Å². The maximum Gasteiger partial charge on any atom is 0.194 e. The Labute approximate surface area is 195 Å². The summed E-state index contributed by atoms with van der Waals surface area (Å²) in [4.78, 5) is 9.16. The lowest BCUT2D eigenvalue weighted by Gasteiger charge is -2.36. The zero-order chi connectivity index (χ0) is 20.2. The summed E-state index contributed by atoms with van der Waals surface area (Å²) in [5.41, 5.74) is 4.73. The van der Waals surface area contributed by atoms with E-state index in [2.05, 4.69) is 31.3 Å². The molecule has 7 nitrogen and oxygen atoms in total. The topological polar surface area (TPSA) is 77.1 Å². The molecule has 164 valence electrons. The second kappa shape index (κ2) is 10.5. The molecule has 1 saturated heterocycles. The van der Waals surface area contributed by atoms with E-state index in [1.54, 1.807) is 0 Å². The van der Waals surface area contributed by atoms with Crippen LogP contribution in [0.4, 0.5) is 0 Å². The summed E-state index contributed by atoms with van der Waals surface area (Å²) in [6, 6.07) is 5.92. The highest BCUT2D eigenvalue weighted by atomic mass is 127. The maximum absolute atomic E-state index is 10.4. The van der Waals surface area contributed by atoms with Crippen LogP contribution in [0, 0.1) is 6.92 Å². The molecule has 30 heavy (non-hydrogen) atoms. The van der Waals surface area contributed by atoms with E-state index >= 15 is 0 Å². The second-order valence-corrected chi connectivity index (χ2v) is 8.00. The van der Waals surface area contributed by atoms with E-state index in [1.165, 1.54) is 24.0 Å². The molecule has 0 bridgehead atoms. The Kier molecular flexibility index (Phi) is 7.99. The third-order valence-electron chi connectivity index (χ3n) is 6.00. The summed E-state index contributed by atoms with van der Waals surface area (Å²) in [5, 5.41) is 18.0. The molecule has 2 aromatic rings. The van der Waals surface area contributed by atoms with Crippen molar-refractivity contribution in [1.82, 2.24) is 20.3 Å². The molecule has 0 spiro atoms. The monoisotopic (exact) mass is 525 g/mol. The van der Waals surface area contributed by atoms with Gasteiger partial charge in [-0.3, -0.25) is 9.89 Å². The molecule has 1 aliphatic carbocycles. The number of fused-ring (bicyclic) bond motifs is 1. The molecular weight excluding hydrogens is 493 g/mol. The van der Waals surface area contributed by atoms with Gasteiger partial charge in [0.2, 0.25) is 0 Å². The highest BCUT2D eigenvalue weighted by Gasteiger charge is 2.22. The number of phenolic OH excluding ortho intramolecular Hbond substituents is 1. The number of aliphatic imine (C=N–C) groups is 1. The quantitative estimate of drug-likeness (QED) is 0.363. The van der Waals surface area contributed by atoms with E-state index in [4.69, 9.17) is 4.52 Å². The number of aromatic nitrogens is 1. The van der Waals surface area contributed by atoms with Crippen LogP contribution in [0.5, 0.6) is 5.75 Å². The van der Waals surface area contributed by atoms with Gasteiger partial charge in [0.25, 0.3) is 0 Å². The van der Waals surface area contributed by atoms with Crippen LogP contribution in [-0.4, -0.2) is 59.2 Å². The van der Waals surface area contributed by atoms with Crippen molar-refractivity contribution in [1.29, 1.82) is 0 Å². The van der Waals surface area contributed by atoms with Crippen molar-refractivity contribution in [3.8, 4) is 5.75 Å². The van der Waals surface area contributed by atoms with E-state index < -0.39 is 0 Å². The molecule has 1 aromatic carbocycles. The maximum atomic E-state index is 10.4. The molecule has 2 heterocycles. The number of hydrogen-bond donors (Lipinski definition) is 2. The van der Waals surface area contributed by atoms with Gasteiger partial charge in [0, 0.05) is 57.9 Å². The molecule has 1 aliphatic heterocycles. The van der Waals surface area contributed by atoms with E-state index in [-0.39, 0.29) is 24.0 Å². The summed E-state index contributed by atoms with van der Waals surface area (Å²) < 4.78 is 5.17. The largest absolute Gasteiger partial charge is 0.508 e. The zero-order valence-electron chi connectivity index (χ0n) is 17.9. The molecule has 0 radical (unpaired) electrons. The number of aryl methyl sites for hydroxylation is 2. The lowest BCUT2D eigenvalue weighted by atomic mass is 9.88. The van der Waals surface area contributed by atoms with Gasteiger partial charge in [-0.05, 0) is 49.8 Å². The predicted molar refractivity (Wildman–Crippen MR) is 128 cm³/mol. The number of nitrogens with zero attached hydrogens (tertiary/aromatic N) is 4. The summed E-state index contributed by atoms with van der Waals surface area (Å²) in [5.74, 6) is 2.14. The fraction of sp³-hybridized carbons (Fsp3) is 0.545. The normalized spacial score (nSPS) is 17.4. The van der Waals surface area contributed by atoms with Crippen molar-refractivity contribution >= 4 is 29.9 Å². The van der Waals surface area contributed by atoms with Crippen LogP contribution < -0.4 is 5.32 Å². The van der Waals surface area contributed by atoms with Gasteiger partial charge < -0.3 is 19.8 Å². The van der Waals surface area contributed by atoms with Crippen molar-refractivity contribution in [3.05, 3.63) is 46.3 Å². The zero-order valence-corrected chi connectivity index (χ0v) is 20.2. The highest BCUT2D eigenvalue weighted by molar-refractivity contribution is 14.0. The molecule has 2 aliphatic rings. The third-order valence-corrected chi connectivity index (χ3v) is 6.00. The Bertz CT molecular complexity index is 874. The van der Waals surface area contributed by atoms with Crippen molar-refractivity contribution in [2.75, 3.05) is 33.2 Å². The number of halogens is 1. The number of benzene rings is 1. The summed E-state index contributed by atoms with van der Waals surface area (Å²) >= 11 is 0. The predicted octanol–water partition coefficient (Wildman–Crippen LogP) is 3.08. The fourth-order valence-corrected chi connectivity index (χ4v) is 4.43. The molecule has 2 N–H and O–H groups in total. The minimum Gasteiger partial charge on any atom is -0.508 e. The van der Waals surface area contributed by atoms with Gasteiger partial charge >= 0.3 is 0 Å². The number of rotatable bonds is 4. The minimum absolute atomic E-state index is 0. The second-order valence-electron chi connectivity index (χ2n) is 8.00. The first-order valence-electron chi connectivity index (χ1n) is 10.6. The van der Waals surface area contributed by atoms with Crippen molar-refractivity contribution in [2.45, 2.75) is 45.7 Å². The van der Waals surface area contributed by atoms with Crippen LogP contribution in [0.1, 0.15) is 41.0 Å². The molecule has 0 amide bonds. The van der Waals surface area contributed by atoms with Crippen LogP contribution in [0.25, 0.3) is 0 Å². The average molecular weight is 525 g/mol. The number of hydrogen-bond acceptors (Lipinski definition) is 5. The third kappa shape index (κ3) is 5.26. The van der Waals surface area contributed by atoms with E-state index in [1.807, 2.05) is 26.1 Å². The molecule has 1 aromatic heterocycles. The molecule has 8 heteroatoms.